The van der Waals surface area contributed by atoms with E-state index in [1.165, 1.54) is 12.1 Å². The molecule has 1 atom stereocenters. The molecule has 22 heavy (non-hydrogen) atoms. The molecular formula is C16H17FN2O3. The third-order valence-corrected chi connectivity index (χ3v) is 3.84. The van der Waals surface area contributed by atoms with Crippen LogP contribution in [0.2, 0.25) is 0 Å². The zero-order valence-electron chi connectivity index (χ0n) is 12.5. The number of nitrogens with zero attached hydrogens (tertiary/aromatic N) is 2. The Morgan fingerprint density at radius 3 is 2.68 bits per heavy atom. The first-order valence-corrected chi connectivity index (χ1v) is 7.15. The van der Waals surface area contributed by atoms with Crippen LogP contribution in [0.4, 0.5) is 4.39 Å². The third-order valence-electron chi connectivity index (χ3n) is 3.84. The molecular weight excluding hydrogens is 287 g/mol. The van der Waals surface area contributed by atoms with Gasteiger partial charge in [-0.3, -0.25) is 4.79 Å². The molecule has 3 rings (SSSR count). The fraction of sp³-hybridized carbons (Fsp3) is 0.375. The molecule has 1 unspecified atom stereocenters. The molecule has 0 N–H and O–H groups in total. The molecule has 1 amide bonds. The number of amides is 1. The van der Waals surface area contributed by atoms with Crippen LogP contribution in [0.15, 0.2) is 28.8 Å². The number of rotatable bonds is 2. The van der Waals surface area contributed by atoms with Gasteiger partial charge in [0.15, 0.2) is 0 Å². The summed E-state index contributed by atoms with van der Waals surface area (Å²) >= 11 is 0. The van der Waals surface area contributed by atoms with Crippen molar-refractivity contribution in [3.63, 3.8) is 0 Å². The van der Waals surface area contributed by atoms with Crippen LogP contribution in [0.5, 0.6) is 0 Å². The average molecular weight is 304 g/mol. The lowest BCUT2D eigenvalue weighted by Crippen LogP contribution is -2.42. The predicted octanol–water partition coefficient (Wildman–Crippen LogP) is 2.64. The highest BCUT2D eigenvalue weighted by molar-refractivity contribution is 5.96. The van der Waals surface area contributed by atoms with Gasteiger partial charge >= 0.3 is 0 Å². The number of halogens is 1. The van der Waals surface area contributed by atoms with Gasteiger partial charge in [-0.1, -0.05) is 17.3 Å². The molecule has 0 spiro atoms. The minimum absolute atomic E-state index is 0.105. The van der Waals surface area contributed by atoms with Crippen LogP contribution in [0.25, 0.3) is 0 Å². The minimum atomic E-state index is -0.289. The number of hydrogen-bond acceptors (Lipinski definition) is 4. The van der Waals surface area contributed by atoms with Crippen LogP contribution < -0.4 is 0 Å². The second-order valence-electron chi connectivity index (χ2n) is 5.36. The molecule has 5 nitrogen and oxygen atoms in total. The average Bonchev–Trinajstić information content (AvgIpc) is 2.86. The van der Waals surface area contributed by atoms with Crippen molar-refractivity contribution in [3.8, 4) is 0 Å². The Balaban J connectivity index is 1.78. The van der Waals surface area contributed by atoms with Crippen LogP contribution in [-0.2, 0) is 4.74 Å². The van der Waals surface area contributed by atoms with Gasteiger partial charge < -0.3 is 14.2 Å². The first kappa shape index (κ1) is 14.7. The van der Waals surface area contributed by atoms with Gasteiger partial charge in [0.05, 0.1) is 18.8 Å². The van der Waals surface area contributed by atoms with Crippen molar-refractivity contribution in [1.82, 2.24) is 10.1 Å². The van der Waals surface area contributed by atoms with Crippen LogP contribution >= 0.6 is 0 Å². The van der Waals surface area contributed by atoms with Crippen molar-refractivity contribution in [2.24, 2.45) is 0 Å². The Kier molecular flexibility index (Phi) is 3.94. The van der Waals surface area contributed by atoms with E-state index >= 15 is 0 Å². The summed E-state index contributed by atoms with van der Waals surface area (Å²) in [5.41, 5.74) is 1.96. The normalized spacial score (nSPS) is 18.5. The molecule has 0 aliphatic carbocycles. The fourth-order valence-electron chi connectivity index (χ4n) is 2.66. The number of ether oxygens (including phenoxy) is 1. The van der Waals surface area contributed by atoms with Gasteiger partial charge in [-0.25, -0.2) is 4.39 Å². The zero-order valence-corrected chi connectivity index (χ0v) is 12.5. The number of hydrogen-bond donors (Lipinski definition) is 0. The minimum Gasteiger partial charge on any atom is -0.370 e. The summed E-state index contributed by atoms with van der Waals surface area (Å²) in [5, 5.41) is 3.82. The van der Waals surface area contributed by atoms with Gasteiger partial charge in [0.25, 0.3) is 5.91 Å². The summed E-state index contributed by atoms with van der Waals surface area (Å²) in [6.45, 7) is 4.86. The maximum Gasteiger partial charge on any atom is 0.259 e. The highest BCUT2D eigenvalue weighted by atomic mass is 19.1. The smallest absolute Gasteiger partial charge is 0.259 e. The van der Waals surface area contributed by atoms with E-state index in [0.717, 1.165) is 5.56 Å². The highest BCUT2D eigenvalue weighted by Gasteiger charge is 2.29. The van der Waals surface area contributed by atoms with Crippen molar-refractivity contribution in [2.75, 3.05) is 19.7 Å². The second-order valence-corrected chi connectivity index (χ2v) is 5.36. The second kappa shape index (κ2) is 5.88. The van der Waals surface area contributed by atoms with Gasteiger partial charge in [-0.2, -0.15) is 0 Å². The number of morpholine rings is 1. The molecule has 6 heteroatoms. The molecule has 1 fully saturated rings. The number of aromatic nitrogens is 1. The molecule has 2 aromatic rings. The number of benzene rings is 1. The molecule has 1 aliphatic heterocycles. The Bertz CT molecular complexity index is 662. The van der Waals surface area contributed by atoms with Gasteiger partial charge in [-0.15, -0.1) is 0 Å². The van der Waals surface area contributed by atoms with E-state index in [2.05, 4.69) is 5.16 Å². The SMILES string of the molecule is Cc1noc(C)c1C(=O)N1CCOC(c2ccc(F)cc2)C1. The molecule has 1 aromatic carbocycles. The summed E-state index contributed by atoms with van der Waals surface area (Å²) in [6, 6.07) is 6.16. The molecule has 0 radical (unpaired) electrons. The maximum atomic E-state index is 13.0. The van der Waals surface area contributed by atoms with E-state index in [9.17, 15) is 9.18 Å². The molecule has 116 valence electrons. The van der Waals surface area contributed by atoms with Crippen molar-refractivity contribution >= 4 is 5.91 Å². The standard InChI is InChI=1S/C16H17FN2O3/c1-10-15(11(2)22-18-10)16(20)19-7-8-21-14(9-19)12-3-5-13(17)6-4-12/h3-6,14H,7-9H2,1-2H3. The van der Waals surface area contributed by atoms with Crippen LogP contribution in [0.3, 0.4) is 0 Å². The first-order chi connectivity index (χ1) is 10.6. The van der Waals surface area contributed by atoms with E-state index in [1.807, 2.05) is 0 Å². The lowest BCUT2D eigenvalue weighted by atomic mass is 10.1. The number of carbonyl (C=O) groups excluding carboxylic acids is 1. The summed E-state index contributed by atoms with van der Waals surface area (Å²) in [5.74, 6) is 0.127. The van der Waals surface area contributed by atoms with E-state index in [4.69, 9.17) is 9.26 Å². The quantitative estimate of drug-likeness (QED) is 0.856. The van der Waals surface area contributed by atoms with E-state index in [-0.39, 0.29) is 17.8 Å². The molecule has 2 heterocycles. The predicted molar refractivity (Wildman–Crippen MR) is 77.0 cm³/mol. The zero-order chi connectivity index (χ0) is 15.7. The molecule has 1 saturated heterocycles. The van der Waals surface area contributed by atoms with Crippen molar-refractivity contribution < 1.29 is 18.4 Å². The van der Waals surface area contributed by atoms with Crippen molar-refractivity contribution in [1.29, 1.82) is 0 Å². The van der Waals surface area contributed by atoms with Crippen molar-refractivity contribution in [3.05, 3.63) is 52.7 Å². The maximum absolute atomic E-state index is 13.0. The Labute approximate surface area is 127 Å². The molecule has 0 bridgehead atoms. The lowest BCUT2D eigenvalue weighted by molar-refractivity contribution is -0.0229. The van der Waals surface area contributed by atoms with E-state index in [0.29, 0.717) is 36.7 Å². The van der Waals surface area contributed by atoms with E-state index < -0.39 is 0 Å². The Hall–Kier alpha value is -2.21. The highest BCUT2D eigenvalue weighted by Crippen LogP contribution is 2.24. The van der Waals surface area contributed by atoms with Gasteiger partial charge in [-0.05, 0) is 31.5 Å². The Morgan fingerprint density at radius 1 is 1.32 bits per heavy atom. The van der Waals surface area contributed by atoms with Crippen molar-refractivity contribution in [2.45, 2.75) is 20.0 Å². The summed E-state index contributed by atoms with van der Waals surface area (Å²) in [6.07, 6.45) is -0.251. The molecule has 1 aromatic heterocycles. The Morgan fingerprint density at radius 2 is 2.05 bits per heavy atom. The summed E-state index contributed by atoms with van der Waals surface area (Å²) < 4.78 is 23.8. The first-order valence-electron chi connectivity index (χ1n) is 7.15. The van der Waals surface area contributed by atoms with Gasteiger partial charge in [0.1, 0.15) is 23.2 Å². The van der Waals surface area contributed by atoms with Gasteiger partial charge in [0.2, 0.25) is 0 Å². The topological polar surface area (TPSA) is 55.6 Å². The van der Waals surface area contributed by atoms with Crippen LogP contribution in [0, 0.1) is 19.7 Å². The van der Waals surface area contributed by atoms with Gasteiger partial charge in [0, 0.05) is 6.54 Å². The lowest BCUT2D eigenvalue weighted by Gasteiger charge is -2.33. The number of aryl methyl sites for hydroxylation is 2. The largest absolute Gasteiger partial charge is 0.370 e. The molecule has 0 saturated carbocycles. The molecule has 1 aliphatic rings. The summed E-state index contributed by atoms with van der Waals surface area (Å²) in [7, 11) is 0. The summed E-state index contributed by atoms with van der Waals surface area (Å²) in [4.78, 5) is 14.4. The van der Waals surface area contributed by atoms with Crippen LogP contribution in [-0.4, -0.2) is 35.7 Å². The third kappa shape index (κ3) is 2.74. The fourth-order valence-corrected chi connectivity index (χ4v) is 2.66. The number of carbonyl (C=O) groups is 1. The van der Waals surface area contributed by atoms with E-state index in [1.54, 1.807) is 30.9 Å². The monoisotopic (exact) mass is 304 g/mol. The van der Waals surface area contributed by atoms with Crippen LogP contribution in [0.1, 0.15) is 33.5 Å².